The van der Waals surface area contributed by atoms with Crippen molar-refractivity contribution in [1.29, 1.82) is 0 Å². The minimum absolute atomic E-state index is 1.02. The Balaban J connectivity index is 1.91. The molecule has 2 N–H and O–H groups in total. The number of aromatic amines is 1. The lowest BCUT2D eigenvalue weighted by Gasteiger charge is -2.06. The fourth-order valence-electron chi connectivity index (χ4n) is 1.66. The summed E-state index contributed by atoms with van der Waals surface area (Å²) < 4.78 is 0. The van der Waals surface area contributed by atoms with E-state index in [0.717, 1.165) is 23.1 Å². The van der Waals surface area contributed by atoms with E-state index in [1.54, 1.807) is 0 Å². The molecule has 0 fully saturated rings. The van der Waals surface area contributed by atoms with Gasteiger partial charge in [0, 0.05) is 11.9 Å². The van der Waals surface area contributed by atoms with E-state index in [0.29, 0.717) is 0 Å². The summed E-state index contributed by atoms with van der Waals surface area (Å²) in [5.74, 6) is 2.43. The molecule has 0 bridgehead atoms. The zero-order valence-electron chi connectivity index (χ0n) is 9.49. The third-order valence-electron chi connectivity index (χ3n) is 2.46. The number of nitrogens with one attached hydrogen (secondary N) is 2. The average molecular weight is 235 g/mol. The molecule has 2 aromatic rings. The minimum atomic E-state index is 1.02. The maximum Gasteiger partial charge on any atom is 0.0881 e. The Kier molecular flexibility index (Phi) is 4.10. The van der Waals surface area contributed by atoms with Crippen molar-refractivity contribution in [2.24, 2.45) is 0 Å². The second-order valence-corrected chi connectivity index (χ2v) is 5.01. The van der Waals surface area contributed by atoms with Crippen molar-refractivity contribution < 1.29 is 0 Å². The van der Waals surface area contributed by atoms with Crippen LogP contribution >= 0.6 is 11.8 Å². The van der Waals surface area contributed by atoms with Crippen LogP contribution in [0.15, 0.2) is 24.4 Å². The van der Waals surface area contributed by atoms with E-state index in [1.807, 2.05) is 18.0 Å². The molecule has 0 radical (unpaired) electrons. The molecule has 2 rings (SSSR count). The molecule has 1 aromatic carbocycles. The molecule has 0 spiro atoms. The van der Waals surface area contributed by atoms with Gasteiger partial charge < -0.3 is 5.32 Å². The maximum absolute atomic E-state index is 4.05. The number of hydrogen-bond acceptors (Lipinski definition) is 3. The van der Waals surface area contributed by atoms with E-state index >= 15 is 0 Å². The van der Waals surface area contributed by atoms with E-state index in [2.05, 4.69) is 40.6 Å². The first kappa shape index (κ1) is 11.3. The van der Waals surface area contributed by atoms with E-state index in [4.69, 9.17) is 0 Å². The predicted molar refractivity (Wildman–Crippen MR) is 72.2 cm³/mol. The van der Waals surface area contributed by atoms with E-state index < -0.39 is 0 Å². The molecule has 86 valence electrons. The molecule has 0 amide bonds. The number of H-pyrrole nitrogens is 1. The highest BCUT2D eigenvalue weighted by Crippen LogP contribution is 2.20. The lowest BCUT2D eigenvalue weighted by atomic mass is 10.2. The van der Waals surface area contributed by atoms with Crippen molar-refractivity contribution >= 4 is 28.4 Å². The highest BCUT2D eigenvalue weighted by Gasteiger charge is 2.00. The van der Waals surface area contributed by atoms with Gasteiger partial charge in [0.2, 0.25) is 0 Å². The normalized spacial score (nSPS) is 10.8. The van der Waals surface area contributed by atoms with Crippen LogP contribution in [0.3, 0.4) is 0 Å². The summed E-state index contributed by atoms with van der Waals surface area (Å²) in [5, 5.41) is 11.7. The fourth-order valence-corrected chi connectivity index (χ4v) is 2.29. The number of rotatable bonds is 6. The summed E-state index contributed by atoms with van der Waals surface area (Å²) in [6.45, 7) is 3.22. The topological polar surface area (TPSA) is 40.7 Å². The molecule has 0 saturated heterocycles. The van der Waals surface area contributed by atoms with Gasteiger partial charge in [-0.1, -0.05) is 19.1 Å². The Morgan fingerprint density at radius 3 is 3.25 bits per heavy atom. The standard InChI is InChI=1S/C12H17N3S/c1-2-16-8-4-7-13-11-6-3-5-10-9-14-15-12(10)11/h3,5-6,9,13H,2,4,7-8H2,1H3,(H,14,15). The van der Waals surface area contributed by atoms with Crippen molar-refractivity contribution in [2.45, 2.75) is 13.3 Å². The third kappa shape index (κ3) is 2.70. The van der Waals surface area contributed by atoms with Gasteiger partial charge in [-0.15, -0.1) is 0 Å². The van der Waals surface area contributed by atoms with Crippen LogP contribution in [-0.4, -0.2) is 28.2 Å². The van der Waals surface area contributed by atoms with Gasteiger partial charge in [0.05, 0.1) is 17.4 Å². The lowest BCUT2D eigenvalue weighted by molar-refractivity contribution is 0.992. The maximum atomic E-state index is 4.05. The monoisotopic (exact) mass is 235 g/mol. The predicted octanol–water partition coefficient (Wildman–Crippen LogP) is 3.12. The van der Waals surface area contributed by atoms with E-state index in [9.17, 15) is 0 Å². The summed E-state index contributed by atoms with van der Waals surface area (Å²) in [4.78, 5) is 0. The Bertz CT molecular complexity index is 439. The van der Waals surface area contributed by atoms with Gasteiger partial charge in [-0.3, -0.25) is 5.10 Å². The van der Waals surface area contributed by atoms with Gasteiger partial charge >= 0.3 is 0 Å². The highest BCUT2D eigenvalue weighted by molar-refractivity contribution is 7.99. The van der Waals surface area contributed by atoms with Crippen LogP contribution in [0.25, 0.3) is 10.9 Å². The Hall–Kier alpha value is -1.16. The minimum Gasteiger partial charge on any atom is -0.383 e. The van der Waals surface area contributed by atoms with Gasteiger partial charge in [-0.25, -0.2) is 0 Å². The third-order valence-corrected chi connectivity index (χ3v) is 3.45. The average Bonchev–Trinajstić information content (AvgIpc) is 2.77. The van der Waals surface area contributed by atoms with E-state index in [1.165, 1.54) is 17.9 Å². The number of thioether (sulfide) groups is 1. The summed E-state index contributed by atoms with van der Waals surface area (Å²) in [7, 11) is 0. The van der Waals surface area contributed by atoms with Crippen molar-refractivity contribution in [1.82, 2.24) is 10.2 Å². The lowest BCUT2D eigenvalue weighted by Crippen LogP contribution is -2.03. The number of nitrogens with zero attached hydrogens (tertiary/aromatic N) is 1. The Labute approximate surface area is 100 Å². The second-order valence-electron chi connectivity index (χ2n) is 3.62. The largest absolute Gasteiger partial charge is 0.383 e. The first-order chi connectivity index (χ1) is 7.92. The van der Waals surface area contributed by atoms with Gasteiger partial charge in [-0.2, -0.15) is 16.9 Å². The van der Waals surface area contributed by atoms with Crippen LogP contribution < -0.4 is 5.32 Å². The molecule has 1 aromatic heterocycles. The van der Waals surface area contributed by atoms with Crippen LogP contribution in [0, 0.1) is 0 Å². The molecule has 3 nitrogen and oxygen atoms in total. The van der Waals surface area contributed by atoms with Gasteiger partial charge in [0.25, 0.3) is 0 Å². The SMILES string of the molecule is CCSCCCNc1cccc2cn[nH]c12. The first-order valence-corrected chi connectivity index (χ1v) is 6.81. The number of benzene rings is 1. The van der Waals surface area contributed by atoms with Crippen molar-refractivity contribution in [3.05, 3.63) is 24.4 Å². The summed E-state index contributed by atoms with van der Waals surface area (Å²) in [5.41, 5.74) is 2.25. The van der Waals surface area contributed by atoms with Crippen LogP contribution in [0.5, 0.6) is 0 Å². The van der Waals surface area contributed by atoms with Crippen molar-refractivity contribution in [2.75, 3.05) is 23.4 Å². The smallest absolute Gasteiger partial charge is 0.0881 e. The van der Waals surface area contributed by atoms with Crippen LogP contribution in [-0.2, 0) is 0 Å². The molecule has 0 aliphatic carbocycles. The van der Waals surface area contributed by atoms with Gasteiger partial charge in [0.1, 0.15) is 0 Å². The number of hydrogen-bond donors (Lipinski definition) is 2. The van der Waals surface area contributed by atoms with Gasteiger partial charge in [0.15, 0.2) is 0 Å². The van der Waals surface area contributed by atoms with Crippen LogP contribution in [0.4, 0.5) is 5.69 Å². The number of anilines is 1. The zero-order chi connectivity index (χ0) is 11.2. The molecule has 4 heteroatoms. The van der Waals surface area contributed by atoms with Crippen LogP contribution in [0.1, 0.15) is 13.3 Å². The van der Waals surface area contributed by atoms with Crippen molar-refractivity contribution in [3.8, 4) is 0 Å². The summed E-state index contributed by atoms with van der Waals surface area (Å²) in [6.07, 6.45) is 3.05. The molecule has 0 aliphatic rings. The molecule has 0 aliphatic heterocycles. The summed E-state index contributed by atoms with van der Waals surface area (Å²) in [6, 6.07) is 6.21. The van der Waals surface area contributed by atoms with Gasteiger partial charge in [-0.05, 0) is 24.0 Å². The number of fused-ring (bicyclic) bond motifs is 1. The molecule has 0 saturated carbocycles. The molecule has 1 heterocycles. The first-order valence-electron chi connectivity index (χ1n) is 5.65. The molecule has 0 atom stereocenters. The van der Waals surface area contributed by atoms with Crippen LogP contribution in [0.2, 0.25) is 0 Å². The van der Waals surface area contributed by atoms with Crippen molar-refractivity contribution in [3.63, 3.8) is 0 Å². The molecular formula is C12H17N3S. The molecule has 0 unspecified atom stereocenters. The summed E-state index contributed by atoms with van der Waals surface area (Å²) >= 11 is 1.99. The molecule has 16 heavy (non-hydrogen) atoms. The molecular weight excluding hydrogens is 218 g/mol. The highest BCUT2D eigenvalue weighted by atomic mass is 32.2. The Morgan fingerprint density at radius 1 is 1.44 bits per heavy atom. The zero-order valence-corrected chi connectivity index (χ0v) is 10.3. The fraction of sp³-hybridized carbons (Fsp3) is 0.417. The quantitative estimate of drug-likeness (QED) is 0.756. The number of para-hydroxylation sites is 1. The Morgan fingerprint density at radius 2 is 2.38 bits per heavy atom. The van der Waals surface area contributed by atoms with E-state index in [-0.39, 0.29) is 0 Å². The number of aromatic nitrogens is 2. The second kappa shape index (κ2) is 5.80.